The van der Waals surface area contributed by atoms with Gasteiger partial charge in [-0.15, -0.1) is 11.3 Å². The van der Waals surface area contributed by atoms with Gasteiger partial charge in [-0.1, -0.05) is 11.6 Å². The van der Waals surface area contributed by atoms with E-state index in [-0.39, 0.29) is 11.4 Å². The van der Waals surface area contributed by atoms with Crippen LogP contribution in [0.1, 0.15) is 24.4 Å². The summed E-state index contributed by atoms with van der Waals surface area (Å²) in [4.78, 5) is 4.28. The standard InChI is InChI=1S/C13H14ClFN2S/c1-13(2,12-16-5-6-18-12)17-8-9-7-10(14)3-4-11(9)15/h3-7,17H,8H2,1-2H3. The van der Waals surface area contributed by atoms with E-state index in [9.17, 15) is 4.39 Å². The minimum Gasteiger partial charge on any atom is -0.302 e. The van der Waals surface area contributed by atoms with E-state index >= 15 is 0 Å². The third-order valence-electron chi connectivity index (χ3n) is 2.70. The summed E-state index contributed by atoms with van der Waals surface area (Å²) in [6, 6.07) is 4.57. The number of nitrogens with one attached hydrogen (secondary N) is 1. The van der Waals surface area contributed by atoms with E-state index in [0.717, 1.165) is 5.01 Å². The van der Waals surface area contributed by atoms with Gasteiger partial charge in [-0.25, -0.2) is 9.37 Å². The summed E-state index contributed by atoms with van der Waals surface area (Å²) in [7, 11) is 0. The summed E-state index contributed by atoms with van der Waals surface area (Å²) < 4.78 is 13.6. The van der Waals surface area contributed by atoms with Crippen LogP contribution in [0.25, 0.3) is 0 Å². The molecule has 0 fully saturated rings. The summed E-state index contributed by atoms with van der Waals surface area (Å²) in [6.45, 7) is 4.46. The lowest BCUT2D eigenvalue weighted by Gasteiger charge is -2.24. The van der Waals surface area contributed by atoms with E-state index in [2.05, 4.69) is 10.3 Å². The molecule has 0 saturated carbocycles. The van der Waals surface area contributed by atoms with Crippen molar-refractivity contribution in [3.8, 4) is 0 Å². The summed E-state index contributed by atoms with van der Waals surface area (Å²) >= 11 is 7.44. The van der Waals surface area contributed by atoms with Crippen molar-refractivity contribution in [1.29, 1.82) is 0 Å². The van der Waals surface area contributed by atoms with Gasteiger partial charge in [0.15, 0.2) is 0 Å². The lowest BCUT2D eigenvalue weighted by atomic mass is 10.1. The van der Waals surface area contributed by atoms with Gasteiger partial charge < -0.3 is 5.32 Å². The molecule has 1 aromatic carbocycles. The van der Waals surface area contributed by atoms with Crippen molar-refractivity contribution in [2.24, 2.45) is 0 Å². The third-order valence-corrected chi connectivity index (χ3v) is 4.03. The Bertz CT molecular complexity index is 526. The van der Waals surface area contributed by atoms with Crippen LogP contribution in [0.5, 0.6) is 0 Å². The van der Waals surface area contributed by atoms with Gasteiger partial charge in [0.25, 0.3) is 0 Å². The molecule has 0 aliphatic heterocycles. The van der Waals surface area contributed by atoms with E-state index in [0.29, 0.717) is 17.1 Å². The van der Waals surface area contributed by atoms with Crippen molar-refractivity contribution in [2.75, 3.05) is 0 Å². The second kappa shape index (κ2) is 5.34. The topological polar surface area (TPSA) is 24.9 Å². The fraction of sp³-hybridized carbons (Fsp3) is 0.308. The van der Waals surface area contributed by atoms with Crippen LogP contribution < -0.4 is 5.32 Å². The zero-order valence-corrected chi connectivity index (χ0v) is 11.8. The zero-order chi connectivity index (χ0) is 13.2. The Labute approximate surface area is 115 Å². The van der Waals surface area contributed by atoms with E-state index in [1.54, 1.807) is 29.7 Å². The molecule has 0 unspecified atom stereocenters. The molecule has 2 aromatic rings. The van der Waals surface area contributed by atoms with Gasteiger partial charge in [0.1, 0.15) is 10.8 Å². The Morgan fingerprint density at radius 3 is 2.89 bits per heavy atom. The first-order valence-corrected chi connectivity index (χ1v) is 6.84. The van der Waals surface area contributed by atoms with Gasteiger partial charge >= 0.3 is 0 Å². The molecule has 0 bridgehead atoms. The summed E-state index contributed by atoms with van der Waals surface area (Å²) in [5, 5.41) is 6.74. The van der Waals surface area contributed by atoms with Crippen LogP contribution in [0.15, 0.2) is 29.8 Å². The van der Waals surface area contributed by atoms with Gasteiger partial charge in [0, 0.05) is 28.7 Å². The molecule has 5 heteroatoms. The molecule has 0 atom stereocenters. The molecule has 0 spiro atoms. The van der Waals surface area contributed by atoms with Crippen LogP contribution >= 0.6 is 22.9 Å². The smallest absolute Gasteiger partial charge is 0.127 e. The molecular weight excluding hydrogens is 271 g/mol. The number of rotatable bonds is 4. The highest BCUT2D eigenvalue weighted by atomic mass is 35.5. The van der Waals surface area contributed by atoms with E-state index in [1.165, 1.54) is 6.07 Å². The molecule has 18 heavy (non-hydrogen) atoms. The normalized spacial score (nSPS) is 11.8. The monoisotopic (exact) mass is 284 g/mol. The van der Waals surface area contributed by atoms with Crippen LogP contribution in [0, 0.1) is 5.82 Å². The molecule has 0 amide bonds. The van der Waals surface area contributed by atoms with Crippen molar-refractivity contribution in [2.45, 2.75) is 25.9 Å². The molecule has 0 aliphatic carbocycles. The van der Waals surface area contributed by atoms with Gasteiger partial charge in [-0.3, -0.25) is 0 Å². The van der Waals surface area contributed by atoms with Gasteiger partial charge in [0.05, 0.1) is 5.54 Å². The Hall–Kier alpha value is -0.970. The predicted octanol–water partition coefficient (Wildman–Crippen LogP) is 3.96. The highest BCUT2D eigenvalue weighted by Gasteiger charge is 2.22. The van der Waals surface area contributed by atoms with E-state index in [1.807, 2.05) is 19.2 Å². The SMILES string of the molecule is CC(C)(NCc1cc(Cl)ccc1F)c1nccs1. The first kappa shape index (κ1) is 13.5. The fourth-order valence-electron chi connectivity index (χ4n) is 1.60. The summed E-state index contributed by atoms with van der Waals surface area (Å²) in [5.74, 6) is -0.248. The van der Waals surface area contributed by atoms with Gasteiger partial charge in [-0.05, 0) is 32.0 Å². The van der Waals surface area contributed by atoms with Gasteiger partial charge in [-0.2, -0.15) is 0 Å². The van der Waals surface area contributed by atoms with Crippen LogP contribution in [-0.2, 0) is 12.1 Å². The van der Waals surface area contributed by atoms with Crippen LogP contribution in [0.2, 0.25) is 5.02 Å². The van der Waals surface area contributed by atoms with Gasteiger partial charge in [0.2, 0.25) is 0 Å². The van der Waals surface area contributed by atoms with Crippen molar-refractivity contribution >= 4 is 22.9 Å². The quantitative estimate of drug-likeness (QED) is 0.919. The fourth-order valence-corrected chi connectivity index (χ4v) is 2.54. The molecule has 0 radical (unpaired) electrons. The molecule has 1 heterocycles. The largest absolute Gasteiger partial charge is 0.302 e. The molecule has 96 valence electrons. The third kappa shape index (κ3) is 3.07. The first-order chi connectivity index (χ1) is 8.49. The minimum atomic E-state index is -0.289. The van der Waals surface area contributed by atoms with E-state index in [4.69, 9.17) is 11.6 Å². The zero-order valence-electron chi connectivity index (χ0n) is 10.2. The molecule has 1 N–H and O–H groups in total. The second-order valence-corrected chi connectivity index (χ2v) is 5.88. The number of hydrogen-bond donors (Lipinski definition) is 1. The minimum absolute atomic E-state index is 0.248. The Kier molecular flexibility index (Phi) is 4.00. The lowest BCUT2D eigenvalue weighted by molar-refractivity contribution is 0.395. The number of hydrogen-bond acceptors (Lipinski definition) is 3. The van der Waals surface area contributed by atoms with Crippen molar-refractivity contribution in [1.82, 2.24) is 10.3 Å². The molecule has 2 nitrogen and oxygen atoms in total. The Balaban J connectivity index is 2.09. The van der Waals surface area contributed by atoms with Crippen LogP contribution in [0.3, 0.4) is 0 Å². The van der Waals surface area contributed by atoms with Crippen molar-refractivity contribution in [3.05, 3.63) is 51.2 Å². The maximum absolute atomic E-state index is 13.6. The average molecular weight is 285 g/mol. The Morgan fingerprint density at radius 2 is 2.22 bits per heavy atom. The molecule has 1 aromatic heterocycles. The summed E-state index contributed by atoms with van der Waals surface area (Å²) in [5.41, 5.74) is 0.273. The number of thiazole rings is 1. The average Bonchev–Trinajstić information content (AvgIpc) is 2.85. The Morgan fingerprint density at radius 1 is 1.44 bits per heavy atom. The molecule has 0 aliphatic rings. The molecular formula is C13H14ClFN2S. The lowest BCUT2D eigenvalue weighted by Crippen LogP contribution is -2.36. The molecule has 2 rings (SSSR count). The number of nitrogens with zero attached hydrogens (tertiary/aromatic N) is 1. The maximum atomic E-state index is 13.6. The van der Waals surface area contributed by atoms with Crippen LogP contribution in [-0.4, -0.2) is 4.98 Å². The number of halogens is 2. The van der Waals surface area contributed by atoms with E-state index < -0.39 is 0 Å². The number of aromatic nitrogens is 1. The van der Waals surface area contributed by atoms with Crippen molar-refractivity contribution < 1.29 is 4.39 Å². The maximum Gasteiger partial charge on any atom is 0.127 e. The first-order valence-electron chi connectivity index (χ1n) is 5.58. The molecule has 0 saturated heterocycles. The second-order valence-electron chi connectivity index (χ2n) is 4.55. The van der Waals surface area contributed by atoms with Crippen molar-refractivity contribution in [3.63, 3.8) is 0 Å². The van der Waals surface area contributed by atoms with Crippen LogP contribution in [0.4, 0.5) is 4.39 Å². The number of benzene rings is 1. The highest BCUT2D eigenvalue weighted by molar-refractivity contribution is 7.09. The predicted molar refractivity (Wildman–Crippen MR) is 73.4 cm³/mol. The highest BCUT2D eigenvalue weighted by Crippen LogP contribution is 2.23. The summed E-state index contributed by atoms with van der Waals surface area (Å²) in [6.07, 6.45) is 1.77.